The highest BCUT2D eigenvalue weighted by atomic mass is 16.6. The van der Waals surface area contributed by atoms with Gasteiger partial charge in [0.1, 0.15) is 19.0 Å². The van der Waals surface area contributed by atoms with Crippen LogP contribution in [0.1, 0.15) is 49.8 Å². The molecule has 0 fully saturated rings. The molecule has 0 unspecified atom stereocenters. The summed E-state index contributed by atoms with van der Waals surface area (Å²) in [6, 6.07) is 21.3. The van der Waals surface area contributed by atoms with E-state index in [1.807, 2.05) is 18.2 Å². The van der Waals surface area contributed by atoms with Crippen molar-refractivity contribution in [1.82, 2.24) is 0 Å². The standard InChI is InChI=1S/C31H36O4/c1-4-7-8-9-23-10-12-25(13-11-23)26-16-17-29(24(5-2)20-26)27-14-15-28(22-32)30(21-27)34-18-19-35-31(33)6-3/h6,10-17,20-21,32H,3-5,7-9,18-19,22H2,1-2H3. The summed E-state index contributed by atoms with van der Waals surface area (Å²) in [5.74, 6) is 0.105. The predicted octanol–water partition coefficient (Wildman–Crippen LogP) is 6.92. The van der Waals surface area contributed by atoms with Crippen LogP contribution in [0.4, 0.5) is 0 Å². The lowest BCUT2D eigenvalue weighted by Gasteiger charge is -2.15. The lowest BCUT2D eigenvalue weighted by Crippen LogP contribution is -2.11. The van der Waals surface area contributed by atoms with E-state index in [9.17, 15) is 9.90 Å². The van der Waals surface area contributed by atoms with Crippen molar-refractivity contribution in [2.45, 2.75) is 52.6 Å². The van der Waals surface area contributed by atoms with E-state index in [2.05, 4.69) is 62.9 Å². The molecule has 0 atom stereocenters. The average Bonchev–Trinajstić information content (AvgIpc) is 2.91. The first kappa shape index (κ1) is 26.2. The Labute approximate surface area is 209 Å². The molecule has 0 bridgehead atoms. The molecule has 0 aliphatic rings. The van der Waals surface area contributed by atoms with Gasteiger partial charge in [0.15, 0.2) is 0 Å². The van der Waals surface area contributed by atoms with Gasteiger partial charge in [-0.1, -0.05) is 87.9 Å². The topological polar surface area (TPSA) is 55.8 Å². The summed E-state index contributed by atoms with van der Waals surface area (Å²) in [6.07, 6.45) is 6.92. The van der Waals surface area contributed by atoms with Crippen LogP contribution < -0.4 is 4.74 Å². The zero-order valence-electron chi connectivity index (χ0n) is 20.9. The molecule has 0 saturated heterocycles. The van der Waals surface area contributed by atoms with E-state index < -0.39 is 5.97 Å². The van der Waals surface area contributed by atoms with Crippen LogP contribution >= 0.6 is 0 Å². The zero-order valence-corrected chi connectivity index (χ0v) is 20.9. The summed E-state index contributed by atoms with van der Waals surface area (Å²) in [7, 11) is 0. The van der Waals surface area contributed by atoms with E-state index in [4.69, 9.17) is 9.47 Å². The lowest BCUT2D eigenvalue weighted by molar-refractivity contribution is -0.138. The Balaban J connectivity index is 1.79. The van der Waals surface area contributed by atoms with Crippen molar-refractivity contribution in [3.8, 4) is 28.0 Å². The van der Waals surface area contributed by atoms with Gasteiger partial charge in [-0.2, -0.15) is 0 Å². The van der Waals surface area contributed by atoms with Gasteiger partial charge in [-0.25, -0.2) is 4.79 Å². The number of hydrogen-bond donors (Lipinski definition) is 1. The summed E-state index contributed by atoms with van der Waals surface area (Å²) >= 11 is 0. The summed E-state index contributed by atoms with van der Waals surface area (Å²) in [4.78, 5) is 11.2. The zero-order chi connectivity index (χ0) is 25.0. The Morgan fingerprint density at radius 3 is 2.31 bits per heavy atom. The van der Waals surface area contributed by atoms with Crippen LogP contribution in [-0.2, 0) is 29.0 Å². The maximum absolute atomic E-state index is 11.2. The van der Waals surface area contributed by atoms with Crippen molar-refractivity contribution in [3.05, 3.63) is 90.0 Å². The van der Waals surface area contributed by atoms with Gasteiger partial charge in [0.25, 0.3) is 0 Å². The molecule has 0 radical (unpaired) electrons. The number of aryl methyl sites for hydroxylation is 2. The smallest absolute Gasteiger partial charge is 0.330 e. The number of esters is 1. The van der Waals surface area contributed by atoms with Crippen LogP contribution in [0.5, 0.6) is 5.75 Å². The predicted molar refractivity (Wildman–Crippen MR) is 142 cm³/mol. The highest BCUT2D eigenvalue weighted by Crippen LogP contribution is 2.33. The number of hydrogen-bond acceptors (Lipinski definition) is 4. The fourth-order valence-corrected chi connectivity index (χ4v) is 4.13. The van der Waals surface area contributed by atoms with Crippen LogP contribution in [0.2, 0.25) is 0 Å². The summed E-state index contributed by atoms with van der Waals surface area (Å²) in [5.41, 5.74) is 7.92. The molecule has 0 heterocycles. The van der Waals surface area contributed by atoms with Crippen LogP contribution in [-0.4, -0.2) is 24.3 Å². The van der Waals surface area contributed by atoms with E-state index in [0.717, 1.165) is 30.0 Å². The number of aliphatic hydroxyl groups excluding tert-OH is 1. The van der Waals surface area contributed by atoms with Gasteiger partial charge in [0.2, 0.25) is 0 Å². The highest BCUT2D eigenvalue weighted by molar-refractivity contribution is 5.81. The second-order valence-electron chi connectivity index (χ2n) is 8.58. The highest BCUT2D eigenvalue weighted by Gasteiger charge is 2.11. The summed E-state index contributed by atoms with van der Waals surface area (Å²) in [5, 5.41) is 9.73. The number of aliphatic hydroxyl groups is 1. The van der Waals surface area contributed by atoms with Gasteiger partial charge >= 0.3 is 5.97 Å². The molecule has 184 valence electrons. The van der Waals surface area contributed by atoms with E-state index in [-0.39, 0.29) is 19.8 Å². The molecule has 0 spiro atoms. The Bertz CT molecular complexity index is 1120. The SMILES string of the molecule is C=CC(=O)OCCOc1cc(-c2ccc(-c3ccc(CCCCC)cc3)cc2CC)ccc1CO. The first-order chi connectivity index (χ1) is 17.1. The second kappa shape index (κ2) is 13.5. The molecule has 0 amide bonds. The molecule has 4 nitrogen and oxygen atoms in total. The van der Waals surface area contributed by atoms with E-state index in [1.165, 1.54) is 41.5 Å². The Hall–Kier alpha value is -3.37. The molecular formula is C31H36O4. The summed E-state index contributed by atoms with van der Waals surface area (Å²) < 4.78 is 10.8. The minimum absolute atomic E-state index is 0.117. The number of unbranched alkanes of at least 4 members (excludes halogenated alkanes) is 2. The molecule has 0 aliphatic heterocycles. The maximum atomic E-state index is 11.2. The lowest BCUT2D eigenvalue weighted by atomic mass is 9.92. The average molecular weight is 473 g/mol. The van der Waals surface area contributed by atoms with Crippen molar-refractivity contribution in [1.29, 1.82) is 0 Å². The third-order valence-corrected chi connectivity index (χ3v) is 6.14. The molecule has 1 N–H and O–H groups in total. The second-order valence-corrected chi connectivity index (χ2v) is 8.58. The third-order valence-electron chi connectivity index (χ3n) is 6.14. The maximum Gasteiger partial charge on any atom is 0.330 e. The quantitative estimate of drug-likeness (QED) is 0.167. The van der Waals surface area contributed by atoms with Crippen molar-refractivity contribution in [3.63, 3.8) is 0 Å². The number of ether oxygens (including phenoxy) is 2. The van der Waals surface area contributed by atoms with Gasteiger partial charge in [0.05, 0.1) is 6.61 Å². The van der Waals surface area contributed by atoms with Crippen LogP contribution in [0.15, 0.2) is 73.3 Å². The van der Waals surface area contributed by atoms with Gasteiger partial charge in [0, 0.05) is 11.6 Å². The molecule has 3 rings (SSSR count). The molecule has 0 aromatic heterocycles. The first-order valence-electron chi connectivity index (χ1n) is 12.5. The molecule has 0 aliphatic carbocycles. The fourth-order valence-electron chi connectivity index (χ4n) is 4.13. The largest absolute Gasteiger partial charge is 0.490 e. The van der Waals surface area contributed by atoms with Gasteiger partial charge in [-0.3, -0.25) is 0 Å². The fraction of sp³-hybridized carbons (Fsp3) is 0.323. The normalized spacial score (nSPS) is 10.7. The number of carbonyl (C=O) groups excluding carboxylic acids is 1. The van der Waals surface area contributed by atoms with E-state index in [0.29, 0.717) is 11.3 Å². The Morgan fingerprint density at radius 1 is 0.886 bits per heavy atom. The molecule has 35 heavy (non-hydrogen) atoms. The molecular weight excluding hydrogens is 436 g/mol. The minimum atomic E-state index is -0.483. The van der Waals surface area contributed by atoms with Crippen molar-refractivity contribution >= 4 is 5.97 Å². The van der Waals surface area contributed by atoms with Crippen LogP contribution in [0, 0.1) is 0 Å². The number of carbonyl (C=O) groups is 1. The number of benzene rings is 3. The van der Waals surface area contributed by atoms with Gasteiger partial charge in [-0.15, -0.1) is 0 Å². The minimum Gasteiger partial charge on any atom is -0.490 e. The molecule has 0 saturated carbocycles. The van der Waals surface area contributed by atoms with Crippen LogP contribution in [0.25, 0.3) is 22.3 Å². The molecule has 3 aromatic rings. The summed E-state index contributed by atoms with van der Waals surface area (Å²) in [6.45, 7) is 7.96. The molecule has 3 aromatic carbocycles. The van der Waals surface area contributed by atoms with Gasteiger partial charge in [-0.05, 0) is 58.7 Å². The first-order valence-corrected chi connectivity index (χ1v) is 12.5. The molecule has 4 heteroatoms. The third kappa shape index (κ3) is 7.30. The Kier molecular flexibility index (Phi) is 10.1. The van der Waals surface area contributed by atoms with Crippen molar-refractivity contribution < 1.29 is 19.4 Å². The van der Waals surface area contributed by atoms with Gasteiger partial charge < -0.3 is 14.6 Å². The van der Waals surface area contributed by atoms with E-state index >= 15 is 0 Å². The monoisotopic (exact) mass is 472 g/mol. The Morgan fingerprint density at radius 2 is 1.63 bits per heavy atom. The number of rotatable bonds is 13. The van der Waals surface area contributed by atoms with Crippen molar-refractivity contribution in [2.75, 3.05) is 13.2 Å². The van der Waals surface area contributed by atoms with Crippen molar-refractivity contribution in [2.24, 2.45) is 0 Å². The van der Waals surface area contributed by atoms with Crippen LogP contribution in [0.3, 0.4) is 0 Å². The van der Waals surface area contributed by atoms with E-state index in [1.54, 1.807) is 0 Å².